The Labute approximate surface area is 220 Å². The lowest BCUT2D eigenvalue weighted by atomic mass is 9.93. The van der Waals surface area contributed by atoms with Gasteiger partial charge in [-0.25, -0.2) is 17.2 Å². The lowest BCUT2D eigenvalue weighted by molar-refractivity contribution is 0.569. The van der Waals surface area contributed by atoms with Crippen LogP contribution in [0.3, 0.4) is 0 Å². The van der Waals surface area contributed by atoms with E-state index in [0.29, 0.717) is 17.7 Å². The largest absolute Gasteiger partial charge is 0.287 e. The summed E-state index contributed by atoms with van der Waals surface area (Å²) >= 11 is 6.47. The predicted octanol–water partition coefficient (Wildman–Crippen LogP) is 6.33. The van der Waals surface area contributed by atoms with Gasteiger partial charge in [-0.05, 0) is 73.7 Å². The number of nitrogens with zero attached hydrogens (tertiary/aromatic N) is 2. The predicted molar refractivity (Wildman–Crippen MR) is 145 cm³/mol. The van der Waals surface area contributed by atoms with E-state index < -0.39 is 26.1 Å². The molecule has 0 saturated carbocycles. The molecular weight excluding hydrogens is 518 g/mol. The first-order chi connectivity index (χ1) is 17.4. The first kappa shape index (κ1) is 28.2. The van der Waals surface area contributed by atoms with Crippen LogP contribution < -0.4 is 5.56 Å². The highest BCUT2D eigenvalue weighted by molar-refractivity contribution is 7.90. The van der Waals surface area contributed by atoms with Gasteiger partial charge in [-0.2, -0.15) is 0 Å². The third-order valence-corrected chi connectivity index (χ3v) is 7.27. The van der Waals surface area contributed by atoms with Gasteiger partial charge in [0.15, 0.2) is 15.7 Å². The molecule has 1 aromatic heterocycles. The van der Waals surface area contributed by atoms with Gasteiger partial charge < -0.3 is 0 Å². The minimum absolute atomic E-state index is 0.0291. The van der Waals surface area contributed by atoms with Crippen molar-refractivity contribution in [2.45, 2.75) is 38.0 Å². The van der Waals surface area contributed by atoms with Crippen LogP contribution in [0.4, 0.5) is 8.78 Å². The molecular formula is C28H27ClF2N2O3S. The maximum absolute atomic E-state index is 15.1. The van der Waals surface area contributed by atoms with Crippen molar-refractivity contribution in [2.75, 3.05) is 6.26 Å². The van der Waals surface area contributed by atoms with Gasteiger partial charge in [0.1, 0.15) is 15.7 Å². The van der Waals surface area contributed by atoms with Crippen LogP contribution in [0, 0.1) is 18.6 Å². The average Bonchev–Trinajstić information content (AvgIpc) is 2.84. The number of hydrogen-bond acceptors (Lipinski definition) is 4. The summed E-state index contributed by atoms with van der Waals surface area (Å²) in [5.74, 6) is -1.35. The van der Waals surface area contributed by atoms with Crippen molar-refractivity contribution in [1.82, 2.24) is 4.57 Å². The van der Waals surface area contributed by atoms with Crippen molar-refractivity contribution in [2.24, 2.45) is 4.99 Å². The molecule has 0 aliphatic carbocycles. The Morgan fingerprint density at radius 1 is 1.16 bits per heavy atom. The summed E-state index contributed by atoms with van der Waals surface area (Å²) in [5, 5.41) is 0.0436. The molecule has 0 amide bonds. The molecule has 0 N–H and O–H groups in total. The van der Waals surface area contributed by atoms with Crippen LogP contribution >= 0.6 is 11.6 Å². The molecule has 5 nitrogen and oxygen atoms in total. The van der Waals surface area contributed by atoms with E-state index in [4.69, 9.17) is 11.6 Å². The number of aromatic nitrogens is 1. The summed E-state index contributed by atoms with van der Waals surface area (Å²) in [5.41, 5.74) is 1.79. The second kappa shape index (κ2) is 11.8. The van der Waals surface area contributed by atoms with Gasteiger partial charge in [-0.3, -0.25) is 14.4 Å². The van der Waals surface area contributed by atoms with Crippen LogP contribution in [0.2, 0.25) is 5.02 Å². The Balaban J connectivity index is 2.01. The van der Waals surface area contributed by atoms with Crippen LogP contribution in [0.5, 0.6) is 0 Å². The average molecular weight is 545 g/mol. The maximum atomic E-state index is 15.1. The van der Waals surface area contributed by atoms with E-state index >= 15 is 4.39 Å². The van der Waals surface area contributed by atoms with E-state index in [2.05, 4.69) is 4.99 Å². The summed E-state index contributed by atoms with van der Waals surface area (Å²) in [6, 6.07) is 12.0. The number of hydrogen-bond donors (Lipinski definition) is 0. The normalized spacial score (nSPS) is 13.5. The maximum Gasteiger partial charge on any atom is 0.273 e. The van der Waals surface area contributed by atoms with Crippen molar-refractivity contribution >= 4 is 33.3 Å². The summed E-state index contributed by atoms with van der Waals surface area (Å²) < 4.78 is 53.6. The van der Waals surface area contributed by atoms with Gasteiger partial charge in [-0.1, -0.05) is 42.8 Å². The number of halogens is 3. The lowest BCUT2D eigenvalue weighted by Crippen LogP contribution is -2.21. The van der Waals surface area contributed by atoms with Crippen molar-refractivity contribution in [3.05, 3.63) is 116 Å². The van der Waals surface area contributed by atoms with Crippen molar-refractivity contribution < 1.29 is 17.2 Å². The molecule has 0 bridgehead atoms. The molecule has 1 heterocycles. The molecule has 3 rings (SSSR count). The number of aryl methyl sites for hydroxylation is 1. The molecule has 9 heteroatoms. The van der Waals surface area contributed by atoms with Gasteiger partial charge in [0, 0.05) is 29.9 Å². The van der Waals surface area contributed by atoms with Gasteiger partial charge in [0.05, 0.1) is 5.71 Å². The summed E-state index contributed by atoms with van der Waals surface area (Å²) in [4.78, 5) is 16.9. The van der Waals surface area contributed by atoms with Gasteiger partial charge in [0.25, 0.3) is 5.56 Å². The molecule has 2 aromatic carbocycles. The van der Waals surface area contributed by atoms with Crippen LogP contribution in [0.25, 0.3) is 6.20 Å². The molecule has 0 fully saturated rings. The number of allylic oxidation sites excluding steroid dienone is 2. The molecule has 194 valence electrons. The molecule has 0 radical (unpaired) electrons. The summed E-state index contributed by atoms with van der Waals surface area (Å²) in [7, 11) is -3.80. The van der Waals surface area contributed by atoms with Crippen LogP contribution in [0.15, 0.2) is 81.6 Å². The molecule has 3 aromatic rings. The second-order valence-electron chi connectivity index (χ2n) is 8.66. The van der Waals surface area contributed by atoms with E-state index in [1.807, 2.05) is 6.92 Å². The fourth-order valence-electron chi connectivity index (χ4n) is 3.87. The lowest BCUT2D eigenvalue weighted by Gasteiger charge is -2.16. The standard InChI is InChI=1S/C28H27ClF2N2O3S/c1-5-14-32-24(22-7-6-8-25(27(22)31)37(4,35)36)13-15-33-19(3)17-23(26(29)28(33)34)18(2)16-20-9-11-21(30)12-10-20/h5-15,17-18H,16H2,1-4H3/b14-5+,15-13+,32-24-. The van der Waals surface area contributed by atoms with E-state index in [9.17, 15) is 17.6 Å². The highest BCUT2D eigenvalue weighted by Crippen LogP contribution is 2.26. The Kier molecular flexibility index (Phi) is 8.99. The molecule has 1 unspecified atom stereocenters. The van der Waals surface area contributed by atoms with Crippen molar-refractivity contribution in [3.63, 3.8) is 0 Å². The summed E-state index contributed by atoms with van der Waals surface area (Å²) in [6.07, 6.45) is 7.42. The van der Waals surface area contributed by atoms with Crippen LogP contribution in [0.1, 0.15) is 42.1 Å². The third-order valence-electron chi connectivity index (χ3n) is 5.77. The second-order valence-corrected chi connectivity index (χ2v) is 11.0. The Morgan fingerprint density at radius 3 is 2.46 bits per heavy atom. The van der Waals surface area contributed by atoms with Gasteiger partial charge >= 0.3 is 0 Å². The molecule has 37 heavy (non-hydrogen) atoms. The Bertz CT molecular complexity index is 1560. The molecule has 0 aliphatic heterocycles. The van der Waals surface area contributed by atoms with Crippen LogP contribution in [-0.2, 0) is 16.3 Å². The van der Waals surface area contributed by atoms with Gasteiger partial charge in [-0.15, -0.1) is 0 Å². The zero-order valence-corrected chi connectivity index (χ0v) is 22.4. The zero-order chi connectivity index (χ0) is 27.3. The van der Waals surface area contributed by atoms with Crippen molar-refractivity contribution in [3.8, 4) is 0 Å². The minimum Gasteiger partial charge on any atom is -0.287 e. The highest BCUT2D eigenvalue weighted by atomic mass is 35.5. The Morgan fingerprint density at radius 2 is 1.84 bits per heavy atom. The van der Waals surface area contributed by atoms with Gasteiger partial charge in [0.2, 0.25) is 0 Å². The third kappa shape index (κ3) is 6.70. The molecule has 0 spiro atoms. The monoisotopic (exact) mass is 544 g/mol. The first-order valence-electron chi connectivity index (χ1n) is 11.5. The van der Waals surface area contributed by atoms with E-state index in [1.165, 1.54) is 53.4 Å². The molecule has 1 atom stereocenters. The number of rotatable bonds is 8. The number of pyridine rings is 1. The molecule has 0 aliphatic rings. The fraction of sp³-hybridized carbons (Fsp3) is 0.214. The Hall–Kier alpha value is -3.36. The number of sulfone groups is 1. The quantitative estimate of drug-likeness (QED) is 0.311. The highest BCUT2D eigenvalue weighted by Gasteiger charge is 2.19. The van der Waals surface area contributed by atoms with E-state index in [0.717, 1.165) is 11.8 Å². The number of benzene rings is 2. The topological polar surface area (TPSA) is 68.5 Å². The SMILES string of the molecule is C/C=C/N=C(/C=C/n1c(C)cc(C(C)Cc2ccc(F)cc2)c(Cl)c1=O)c1cccc(S(C)(=O)=O)c1F. The van der Waals surface area contributed by atoms with E-state index in [-0.39, 0.29) is 28.0 Å². The fourth-order valence-corrected chi connectivity index (χ4v) is 4.97. The smallest absolute Gasteiger partial charge is 0.273 e. The van der Waals surface area contributed by atoms with E-state index in [1.54, 1.807) is 38.1 Å². The number of aliphatic imine (C=N–C) groups is 1. The van der Waals surface area contributed by atoms with Crippen molar-refractivity contribution in [1.29, 1.82) is 0 Å². The summed E-state index contributed by atoms with van der Waals surface area (Å²) in [6.45, 7) is 5.40. The van der Waals surface area contributed by atoms with Crippen LogP contribution in [-0.4, -0.2) is 25.0 Å². The zero-order valence-electron chi connectivity index (χ0n) is 20.9. The minimum atomic E-state index is -3.80. The first-order valence-corrected chi connectivity index (χ1v) is 13.7. The molecule has 0 saturated heterocycles.